The van der Waals surface area contributed by atoms with Gasteiger partial charge in [-0.3, -0.25) is 9.59 Å². The van der Waals surface area contributed by atoms with Crippen molar-refractivity contribution in [1.82, 2.24) is 4.90 Å². The molecule has 2 rings (SSSR count). The molecule has 0 aromatic heterocycles. The molecule has 1 aliphatic heterocycles. The van der Waals surface area contributed by atoms with Gasteiger partial charge in [0.1, 0.15) is 12.2 Å². The van der Waals surface area contributed by atoms with E-state index in [1.807, 2.05) is 19.1 Å². The molecule has 1 saturated heterocycles. The van der Waals surface area contributed by atoms with Gasteiger partial charge in [-0.2, -0.15) is 0 Å². The molecule has 5 nitrogen and oxygen atoms in total. The number of rotatable bonds is 4. The number of hydrogen-bond acceptors (Lipinski definition) is 3. The summed E-state index contributed by atoms with van der Waals surface area (Å²) >= 11 is 0. The van der Waals surface area contributed by atoms with Gasteiger partial charge in [0.15, 0.2) is 0 Å². The highest BCUT2D eigenvalue weighted by atomic mass is 16.5. The molecule has 20 heavy (non-hydrogen) atoms. The minimum atomic E-state index is -0.300. The van der Waals surface area contributed by atoms with E-state index in [1.54, 1.807) is 18.1 Å². The van der Waals surface area contributed by atoms with Gasteiger partial charge in [0, 0.05) is 13.1 Å². The van der Waals surface area contributed by atoms with E-state index >= 15 is 0 Å². The first-order valence-corrected chi connectivity index (χ1v) is 6.82. The number of nitrogens with zero attached hydrogens (tertiary/aromatic N) is 1. The van der Waals surface area contributed by atoms with Crippen LogP contribution in [-0.4, -0.2) is 36.9 Å². The molecule has 1 aromatic carbocycles. The van der Waals surface area contributed by atoms with E-state index < -0.39 is 0 Å². The van der Waals surface area contributed by atoms with Gasteiger partial charge in [0.2, 0.25) is 11.8 Å². The average Bonchev–Trinajstić information content (AvgIpc) is 2.92. The summed E-state index contributed by atoms with van der Waals surface area (Å²) in [7, 11) is 1.55. The Morgan fingerprint density at radius 1 is 1.30 bits per heavy atom. The van der Waals surface area contributed by atoms with E-state index in [2.05, 4.69) is 5.32 Å². The lowest BCUT2D eigenvalue weighted by atomic mass is 10.2. The van der Waals surface area contributed by atoms with Crippen LogP contribution >= 0.6 is 0 Å². The molecule has 1 heterocycles. The van der Waals surface area contributed by atoms with Gasteiger partial charge in [-0.1, -0.05) is 6.07 Å². The van der Waals surface area contributed by atoms with Crippen molar-refractivity contribution in [2.24, 2.45) is 0 Å². The maximum atomic E-state index is 11.9. The lowest BCUT2D eigenvalue weighted by Gasteiger charge is -2.15. The van der Waals surface area contributed by atoms with Crippen molar-refractivity contribution in [3.8, 4) is 5.75 Å². The van der Waals surface area contributed by atoms with E-state index in [0.29, 0.717) is 11.4 Å². The summed E-state index contributed by atoms with van der Waals surface area (Å²) < 4.78 is 5.20. The largest absolute Gasteiger partial charge is 0.495 e. The van der Waals surface area contributed by atoms with Gasteiger partial charge in [0.25, 0.3) is 0 Å². The molecular formula is C15H20N2O3. The van der Waals surface area contributed by atoms with Crippen molar-refractivity contribution >= 4 is 17.5 Å². The molecule has 0 unspecified atom stereocenters. The molecule has 1 N–H and O–H groups in total. The van der Waals surface area contributed by atoms with E-state index in [4.69, 9.17) is 4.74 Å². The predicted molar refractivity (Wildman–Crippen MR) is 76.8 cm³/mol. The number of carbonyl (C=O) groups excluding carboxylic acids is 2. The minimum absolute atomic E-state index is 0.105. The first-order valence-electron chi connectivity index (χ1n) is 6.82. The molecule has 0 aliphatic carbocycles. The van der Waals surface area contributed by atoms with Crippen LogP contribution in [0.2, 0.25) is 0 Å². The highest BCUT2D eigenvalue weighted by Crippen LogP contribution is 2.25. The summed E-state index contributed by atoms with van der Waals surface area (Å²) in [5, 5.41) is 2.75. The average molecular weight is 276 g/mol. The molecule has 1 aliphatic rings. The summed E-state index contributed by atoms with van der Waals surface area (Å²) in [4.78, 5) is 25.6. The molecule has 1 aromatic rings. The van der Waals surface area contributed by atoms with Crippen LogP contribution in [0.4, 0.5) is 5.69 Å². The molecule has 0 saturated carbocycles. The first-order chi connectivity index (χ1) is 9.60. The van der Waals surface area contributed by atoms with Crippen LogP contribution in [0.25, 0.3) is 0 Å². The third-order valence-corrected chi connectivity index (χ3v) is 3.40. The number of carbonyl (C=O) groups is 2. The van der Waals surface area contributed by atoms with Crippen molar-refractivity contribution in [3.63, 3.8) is 0 Å². The molecule has 5 heteroatoms. The van der Waals surface area contributed by atoms with Crippen LogP contribution in [0.15, 0.2) is 18.2 Å². The Morgan fingerprint density at radius 3 is 2.65 bits per heavy atom. The Labute approximate surface area is 118 Å². The summed E-state index contributed by atoms with van der Waals surface area (Å²) in [6.45, 7) is 3.46. The fraction of sp³-hybridized carbons (Fsp3) is 0.467. The van der Waals surface area contributed by atoms with Gasteiger partial charge in [-0.15, -0.1) is 0 Å². The van der Waals surface area contributed by atoms with Crippen molar-refractivity contribution in [1.29, 1.82) is 0 Å². The minimum Gasteiger partial charge on any atom is -0.495 e. The fourth-order valence-corrected chi connectivity index (χ4v) is 2.33. The molecule has 1 fully saturated rings. The molecule has 0 bridgehead atoms. The van der Waals surface area contributed by atoms with E-state index in [1.165, 1.54) is 0 Å². The Balaban J connectivity index is 1.97. The van der Waals surface area contributed by atoms with E-state index in [9.17, 15) is 9.59 Å². The van der Waals surface area contributed by atoms with Crippen LogP contribution in [0, 0.1) is 6.92 Å². The Bertz CT molecular complexity index is 508. The summed E-state index contributed by atoms with van der Waals surface area (Å²) in [6.07, 6.45) is 1.94. The zero-order chi connectivity index (χ0) is 14.5. The molecule has 0 spiro atoms. The van der Waals surface area contributed by atoms with Crippen molar-refractivity contribution in [2.75, 3.05) is 25.5 Å². The lowest BCUT2D eigenvalue weighted by molar-refractivity contribution is -0.133. The first kappa shape index (κ1) is 14.4. The summed E-state index contributed by atoms with van der Waals surface area (Å²) in [6, 6.07) is 5.54. The van der Waals surface area contributed by atoms with E-state index in [-0.39, 0.29) is 18.2 Å². The number of nitrogens with one attached hydrogen (secondary N) is 1. The lowest BCUT2D eigenvalue weighted by Crippen LogP contribution is -2.31. The van der Waals surface area contributed by atoms with Crippen molar-refractivity contribution in [3.05, 3.63) is 23.8 Å². The summed E-state index contributed by atoms with van der Waals surface area (Å²) in [5.74, 6) is 0.190. The van der Waals surface area contributed by atoms with Crippen molar-refractivity contribution in [2.45, 2.75) is 26.2 Å². The SMILES string of the molecule is COc1ccc(C)cc1NC(=O)CC(=O)N1CCCC1. The maximum Gasteiger partial charge on any atom is 0.233 e. The number of hydrogen-bond donors (Lipinski definition) is 1. The topological polar surface area (TPSA) is 58.6 Å². The maximum absolute atomic E-state index is 11.9. The Kier molecular flexibility index (Phi) is 4.61. The van der Waals surface area contributed by atoms with Crippen molar-refractivity contribution < 1.29 is 14.3 Å². The number of benzene rings is 1. The van der Waals surface area contributed by atoms with Crippen LogP contribution in [0.3, 0.4) is 0 Å². The van der Waals surface area contributed by atoms with Gasteiger partial charge in [-0.25, -0.2) is 0 Å². The molecule has 108 valence electrons. The zero-order valence-electron chi connectivity index (χ0n) is 11.9. The van der Waals surface area contributed by atoms with E-state index in [0.717, 1.165) is 31.5 Å². The number of anilines is 1. The monoisotopic (exact) mass is 276 g/mol. The molecule has 0 atom stereocenters. The molecule has 0 radical (unpaired) electrons. The quantitative estimate of drug-likeness (QED) is 0.855. The van der Waals surface area contributed by atoms with Crippen LogP contribution in [0.5, 0.6) is 5.75 Å². The van der Waals surface area contributed by atoms with Gasteiger partial charge < -0.3 is 15.0 Å². The van der Waals surface area contributed by atoms with Crippen LogP contribution in [0.1, 0.15) is 24.8 Å². The molecule has 2 amide bonds. The summed E-state index contributed by atoms with van der Waals surface area (Å²) in [5.41, 5.74) is 1.62. The Morgan fingerprint density at radius 2 is 2.00 bits per heavy atom. The molecular weight excluding hydrogens is 256 g/mol. The standard InChI is InChI=1S/C15H20N2O3/c1-11-5-6-13(20-2)12(9-11)16-14(18)10-15(19)17-7-3-4-8-17/h5-6,9H,3-4,7-8,10H2,1-2H3,(H,16,18). The highest BCUT2D eigenvalue weighted by Gasteiger charge is 2.20. The number of ether oxygens (including phenoxy) is 1. The Hall–Kier alpha value is -2.04. The number of aryl methyl sites for hydroxylation is 1. The fourth-order valence-electron chi connectivity index (χ4n) is 2.33. The predicted octanol–water partition coefficient (Wildman–Crippen LogP) is 1.95. The van der Waals surface area contributed by atoms with Gasteiger partial charge in [-0.05, 0) is 37.5 Å². The van der Waals surface area contributed by atoms with Gasteiger partial charge >= 0.3 is 0 Å². The van der Waals surface area contributed by atoms with Gasteiger partial charge in [0.05, 0.1) is 12.8 Å². The second kappa shape index (κ2) is 6.41. The number of amides is 2. The number of likely N-dealkylation sites (tertiary alicyclic amines) is 1. The third-order valence-electron chi connectivity index (χ3n) is 3.40. The second-order valence-corrected chi connectivity index (χ2v) is 5.02. The normalized spacial score (nSPS) is 14.2. The zero-order valence-corrected chi connectivity index (χ0v) is 11.9. The second-order valence-electron chi connectivity index (χ2n) is 5.02. The highest BCUT2D eigenvalue weighted by molar-refractivity contribution is 6.04. The van der Waals surface area contributed by atoms with Crippen LogP contribution < -0.4 is 10.1 Å². The smallest absolute Gasteiger partial charge is 0.233 e. The van der Waals surface area contributed by atoms with Crippen LogP contribution in [-0.2, 0) is 9.59 Å². The third kappa shape index (κ3) is 3.50. The number of methoxy groups -OCH3 is 1.